The van der Waals surface area contributed by atoms with Gasteiger partial charge < -0.3 is 9.50 Å². The summed E-state index contributed by atoms with van der Waals surface area (Å²) >= 11 is 4.59. The third-order valence-electron chi connectivity index (χ3n) is 3.67. The molecular weight excluding hydrogens is 466 g/mol. The monoisotopic (exact) mass is 481 g/mol. The van der Waals surface area contributed by atoms with Crippen molar-refractivity contribution in [2.45, 2.75) is 23.5 Å². The van der Waals surface area contributed by atoms with Crippen molar-refractivity contribution in [3.05, 3.63) is 58.6 Å². The zero-order valence-electron chi connectivity index (χ0n) is 14.7. The second kappa shape index (κ2) is 8.89. The summed E-state index contributed by atoms with van der Waals surface area (Å²) in [4.78, 5) is 11.7. The molecule has 28 heavy (non-hydrogen) atoms. The van der Waals surface area contributed by atoms with Crippen LogP contribution in [-0.2, 0) is 14.9 Å². The van der Waals surface area contributed by atoms with E-state index in [1.165, 1.54) is 36.2 Å². The van der Waals surface area contributed by atoms with Gasteiger partial charge in [-0.2, -0.15) is 13.5 Å². The first-order chi connectivity index (χ1) is 13.4. The molecule has 1 saturated heterocycles. The zero-order valence-corrected chi connectivity index (χ0v) is 17.9. The van der Waals surface area contributed by atoms with Gasteiger partial charge in [-0.1, -0.05) is 46.7 Å². The highest BCUT2D eigenvalue weighted by atomic mass is 79.9. The summed E-state index contributed by atoms with van der Waals surface area (Å²) in [5, 5.41) is 10.9. The molecule has 2 aromatic carbocycles. The van der Waals surface area contributed by atoms with E-state index >= 15 is 0 Å². The summed E-state index contributed by atoms with van der Waals surface area (Å²) in [7, 11) is -3.94. The Morgan fingerprint density at radius 1 is 1.25 bits per heavy atom. The van der Waals surface area contributed by atoms with E-state index in [-0.39, 0.29) is 21.8 Å². The van der Waals surface area contributed by atoms with Crippen LogP contribution < -0.4 is 9.50 Å². The van der Waals surface area contributed by atoms with Crippen LogP contribution in [0.4, 0.5) is 0 Å². The Balaban J connectivity index is 1.70. The van der Waals surface area contributed by atoms with Crippen molar-refractivity contribution >= 4 is 55.1 Å². The highest BCUT2D eigenvalue weighted by molar-refractivity contribution is 9.10. The molecule has 3 rings (SSSR count). The van der Waals surface area contributed by atoms with Gasteiger partial charge in [0.25, 0.3) is 0 Å². The van der Waals surface area contributed by atoms with Crippen LogP contribution in [0.1, 0.15) is 18.9 Å². The van der Waals surface area contributed by atoms with Crippen molar-refractivity contribution in [3.63, 3.8) is 0 Å². The molecule has 0 spiro atoms. The summed E-state index contributed by atoms with van der Waals surface area (Å²) in [5.74, 6) is 0.0871. The molecule has 7 nitrogen and oxygen atoms in total. The highest BCUT2D eigenvalue weighted by Gasteiger charge is 2.28. The predicted molar refractivity (Wildman–Crippen MR) is 113 cm³/mol. The number of thioether (sulfide) groups is 1. The van der Waals surface area contributed by atoms with Gasteiger partial charge in [-0.25, -0.2) is 0 Å². The molecule has 146 valence electrons. The quantitative estimate of drug-likeness (QED) is 0.386. The molecule has 1 fully saturated rings. The number of benzene rings is 2. The minimum atomic E-state index is -3.94. The maximum absolute atomic E-state index is 12.4. The number of carbonyl (C=O) groups is 1. The van der Waals surface area contributed by atoms with Crippen LogP contribution in [0.15, 0.2) is 68.1 Å². The van der Waals surface area contributed by atoms with Gasteiger partial charge in [0.1, 0.15) is 10.6 Å². The highest BCUT2D eigenvalue weighted by Crippen LogP contribution is 2.22. The maximum Gasteiger partial charge on any atom is 0.339 e. The summed E-state index contributed by atoms with van der Waals surface area (Å²) in [6, 6.07) is 12.6. The lowest BCUT2D eigenvalue weighted by Crippen LogP contribution is -2.24. The fourth-order valence-electron chi connectivity index (χ4n) is 2.29. The molecule has 1 heterocycles. The van der Waals surface area contributed by atoms with Crippen LogP contribution in [0.25, 0.3) is 0 Å². The Bertz CT molecular complexity index is 1040. The largest absolute Gasteiger partial charge is 0.379 e. The Morgan fingerprint density at radius 3 is 2.68 bits per heavy atom. The predicted octanol–water partition coefficient (Wildman–Crippen LogP) is 3.55. The van der Waals surface area contributed by atoms with E-state index in [1.54, 1.807) is 30.3 Å². The number of nitrogens with zero attached hydrogens (tertiary/aromatic N) is 2. The third-order valence-corrected chi connectivity index (χ3v) is 6.70. The smallest absolute Gasteiger partial charge is 0.339 e. The van der Waals surface area contributed by atoms with Crippen LogP contribution in [0.3, 0.4) is 0 Å². The molecule has 2 aromatic rings. The summed E-state index contributed by atoms with van der Waals surface area (Å²) < 4.78 is 30.7. The first kappa shape index (κ1) is 20.6. The number of nitrogens with one attached hydrogen (secondary N) is 1. The van der Waals surface area contributed by atoms with Gasteiger partial charge >= 0.3 is 10.1 Å². The number of amides is 1. The van der Waals surface area contributed by atoms with Crippen molar-refractivity contribution in [3.8, 4) is 5.75 Å². The number of amidine groups is 1. The van der Waals surface area contributed by atoms with Gasteiger partial charge in [0, 0.05) is 4.47 Å². The first-order valence-corrected chi connectivity index (χ1v) is 11.3. The zero-order chi connectivity index (χ0) is 20.1. The van der Waals surface area contributed by atoms with Crippen LogP contribution in [-0.4, -0.2) is 31.0 Å². The summed E-state index contributed by atoms with van der Waals surface area (Å²) in [6.07, 6.45) is 2.17. The molecule has 1 atom stereocenters. The SMILES string of the molecule is CCC1S/C(=N/N=Cc2cccc(OS(=O)(=O)c3ccc(Br)cc3)c2)NC1=O. The van der Waals surface area contributed by atoms with Crippen molar-refractivity contribution in [2.75, 3.05) is 0 Å². The van der Waals surface area contributed by atoms with E-state index in [4.69, 9.17) is 4.18 Å². The van der Waals surface area contributed by atoms with E-state index in [9.17, 15) is 13.2 Å². The van der Waals surface area contributed by atoms with Gasteiger partial charge in [-0.15, -0.1) is 5.10 Å². The van der Waals surface area contributed by atoms with Crippen molar-refractivity contribution in [1.29, 1.82) is 0 Å². The number of rotatable bonds is 6. The third kappa shape index (κ3) is 5.21. The van der Waals surface area contributed by atoms with Crippen LogP contribution in [0.5, 0.6) is 5.75 Å². The van der Waals surface area contributed by atoms with Crippen LogP contribution >= 0.6 is 27.7 Å². The van der Waals surface area contributed by atoms with Crippen LogP contribution in [0.2, 0.25) is 0 Å². The molecule has 0 aliphatic carbocycles. The molecule has 1 unspecified atom stereocenters. The molecule has 0 bridgehead atoms. The topological polar surface area (TPSA) is 97.2 Å². The van der Waals surface area contributed by atoms with Crippen molar-refractivity contribution in [1.82, 2.24) is 5.32 Å². The second-order valence-corrected chi connectivity index (χ2v) is 9.37. The lowest BCUT2D eigenvalue weighted by molar-refractivity contribution is -0.118. The Morgan fingerprint density at radius 2 is 2.00 bits per heavy atom. The minimum Gasteiger partial charge on any atom is -0.379 e. The molecule has 0 aromatic heterocycles. The molecule has 1 aliphatic heterocycles. The van der Waals surface area contributed by atoms with Gasteiger partial charge in [-0.3, -0.25) is 4.79 Å². The number of carbonyl (C=O) groups excluding carboxylic acids is 1. The fourth-order valence-corrected chi connectivity index (χ4v) is 4.33. The fraction of sp³-hybridized carbons (Fsp3) is 0.167. The normalized spacial score (nSPS) is 18.6. The van der Waals surface area contributed by atoms with Gasteiger partial charge in [0.15, 0.2) is 5.17 Å². The second-order valence-electron chi connectivity index (χ2n) is 5.72. The van der Waals surface area contributed by atoms with Crippen LogP contribution in [0, 0.1) is 0 Å². The number of hydrogen-bond acceptors (Lipinski definition) is 7. The lowest BCUT2D eigenvalue weighted by atomic mass is 10.2. The Kier molecular flexibility index (Phi) is 6.53. The molecule has 0 saturated carbocycles. The average Bonchev–Trinajstić information content (AvgIpc) is 3.02. The Hall–Kier alpha value is -2.17. The molecule has 10 heteroatoms. The molecule has 1 amide bonds. The summed E-state index contributed by atoms with van der Waals surface area (Å²) in [5.41, 5.74) is 0.606. The van der Waals surface area contributed by atoms with E-state index in [1.807, 2.05) is 6.92 Å². The maximum atomic E-state index is 12.4. The number of hydrogen-bond donors (Lipinski definition) is 1. The standard InChI is InChI=1S/C18H16BrN3O4S2/c1-2-16-17(23)21-18(27-16)22-20-11-12-4-3-5-14(10-12)26-28(24,25)15-8-6-13(19)7-9-15/h3-11,16H,2H2,1H3,(H,21,22,23). The average molecular weight is 482 g/mol. The molecule has 0 radical (unpaired) electrons. The van der Waals surface area contributed by atoms with Crippen molar-refractivity contribution in [2.24, 2.45) is 10.2 Å². The van der Waals surface area contributed by atoms with Crippen molar-refractivity contribution < 1.29 is 17.4 Å². The Labute approximate surface area is 175 Å². The van der Waals surface area contributed by atoms with Gasteiger partial charge in [0.2, 0.25) is 5.91 Å². The van der Waals surface area contributed by atoms with E-state index in [0.717, 1.165) is 4.47 Å². The van der Waals surface area contributed by atoms with E-state index < -0.39 is 10.1 Å². The minimum absolute atomic E-state index is 0.0562. The van der Waals surface area contributed by atoms with E-state index in [0.29, 0.717) is 17.2 Å². The molecule has 1 N–H and O–H groups in total. The van der Waals surface area contributed by atoms with Gasteiger partial charge in [0.05, 0.1) is 11.5 Å². The molecule has 1 aliphatic rings. The van der Waals surface area contributed by atoms with E-state index in [2.05, 4.69) is 31.4 Å². The molecular formula is C18H16BrN3O4S2. The lowest BCUT2D eigenvalue weighted by Gasteiger charge is -2.07. The number of halogens is 1. The summed E-state index contributed by atoms with van der Waals surface area (Å²) in [6.45, 7) is 1.93. The first-order valence-electron chi connectivity index (χ1n) is 8.26. The van der Waals surface area contributed by atoms with Gasteiger partial charge in [-0.05, 0) is 48.4 Å².